The number of nitro benzene ring substituents is 1. The van der Waals surface area contributed by atoms with Gasteiger partial charge in [0.2, 0.25) is 5.78 Å². The molecule has 0 bridgehead atoms. The van der Waals surface area contributed by atoms with Crippen LogP contribution in [0.5, 0.6) is 5.75 Å². The highest BCUT2D eigenvalue weighted by Crippen LogP contribution is 2.18. The van der Waals surface area contributed by atoms with E-state index in [-0.39, 0.29) is 18.1 Å². The predicted molar refractivity (Wildman–Crippen MR) is 122 cm³/mol. The van der Waals surface area contributed by atoms with E-state index in [2.05, 4.69) is 9.72 Å². The zero-order valence-electron chi connectivity index (χ0n) is 18.3. The molecule has 3 aromatic rings. The van der Waals surface area contributed by atoms with Crippen molar-refractivity contribution in [3.63, 3.8) is 0 Å². The van der Waals surface area contributed by atoms with Gasteiger partial charge in [-0.15, -0.1) is 0 Å². The van der Waals surface area contributed by atoms with Crippen molar-refractivity contribution in [3.8, 4) is 5.75 Å². The van der Waals surface area contributed by atoms with Crippen LogP contribution in [0.2, 0.25) is 0 Å². The van der Waals surface area contributed by atoms with E-state index >= 15 is 0 Å². The Labute approximate surface area is 186 Å². The Morgan fingerprint density at radius 1 is 1.16 bits per heavy atom. The van der Waals surface area contributed by atoms with Gasteiger partial charge in [-0.05, 0) is 44.0 Å². The van der Waals surface area contributed by atoms with Gasteiger partial charge in [0.05, 0.1) is 18.2 Å². The van der Waals surface area contributed by atoms with Gasteiger partial charge in [-0.3, -0.25) is 14.9 Å². The number of oxime groups is 1. The molecule has 1 heterocycles. The lowest BCUT2D eigenvalue weighted by molar-refractivity contribution is -0.384. The molecule has 0 saturated carbocycles. The van der Waals surface area contributed by atoms with Crippen LogP contribution >= 0.6 is 0 Å². The summed E-state index contributed by atoms with van der Waals surface area (Å²) >= 11 is 0. The first-order chi connectivity index (χ1) is 15.4. The third-order valence-corrected chi connectivity index (χ3v) is 5.21. The summed E-state index contributed by atoms with van der Waals surface area (Å²) in [5.74, 6) is 0.646. The molecule has 3 rings (SSSR count). The molecule has 0 aliphatic heterocycles. The van der Waals surface area contributed by atoms with E-state index in [9.17, 15) is 14.9 Å². The van der Waals surface area contributed by atoms with Crippen LogP contribution in [-0.2, 0) is 17.8 Å². The second kappa shape index (κ2) is 10.4. The molecule has 0 aliphatic carbocycles. The lowest BCUT2D eigenvalue weighted by Crippen LogP contribution is -2.10. The Balaban J connectivity index is 1.58. The second-order valence-electron chi connectivity index (χ2n) is 7.32. The second-order valence-corrected chi connectivity index (χ2v) is 7.32. The average Bonchev–Trinajstić information content (AvgIpc) is 3.09. The monoisotopic (exact) mass is 435 g/mol. The van der Waals surface area contributed by atoms with Gasteiger partial charge in [0.1, 0.15) is 5.75 Å². The standard InChI is InChI=1S/C24H25N3O5/c1-17-13-23(18(2)26(17)12-11-19-7-9-22(31-3)10-8-19)24(28)16-32-25-15-20-5-4-6-21(14-20)27(29)30/h4-10,13-15H,11-12,16H2,1-3H3/b25-15+. The number of nitro groups is 1. The fourth-order valence-corrected chi connectivity index (χ4v) is 3.45. The summed E-state index contributed by atoms with van der Waals surface area (Å²) in [5.41, 5.74) is 4.15. The SMILES string of the molecule is COc1ccc(CCn2c(C)cc(C(=O)CO/N=C/c3cccc([N+](=O)[O-])c3)c2C)cc1. The van der Waals surface area contributed by atoms with Crippen molar-refractivity contribution in [1.29, 1.82) is 0 Å². The van der Waals surface area contributed by atoms with Crippen molar-refractivity contribution >= 4 is 17.7 Å². The molecule has 0 spiro atoms. The Morgan fingerprint density at radius 2 is 1.91 bits per heavy atom. The van der Waals surface area contributed by atoms with Gasteiger partial charge in [-0.25, -0.2) is 0 Å². The molecule has 0 unspecified atom stereocenters. The quantitative estimate of drug-likeness (QED) is 0.202. The van der Waals surface area contributed by atoms with Crippen molar-refractivity contribution in [1.82, 2.24) is 4.57 Å². The highest BCUT2D eigenvalue weighted by atomic mass is 16.6. The summed E-state index contributed by atoms with van der Waals surface area (Å²) in [6.45, 7) is 4.43. The molecule has 1 aromatic heterocycles. The van der Waals surface area contributed by atoms with E-state index in [0.717, 1.165) is 30.1 Å². The number of aryl methyl sites for hydroxylation is 2. The number of nitrogens with zero attached hydrogens (tertiary/aromatic N) is 3. The fraction of sp³-hybridized carbons (Fsp3) is 0.250. The maximum atomic E-state index is 12.6. The smallest absolute Gasteiger partial charge is 0.270 e. The Hall–Kier alpha value is -3.94. The summed E-state index contributed by atoms with van der Waals surface area (Å²) in [7, 11) is 1.64. The van der Waals surface area contributed by atoms with Gasteiger partial charge in [-0.1, -0.05) is 29.4 Å². The van der Waals surface area contributed by atoms with E-state index < -0.39 is 4.92 Å². The number of hydrogen-bond donors (Lipinski definition) is 0. The molecule has 0 fully saturated rings. The first-order valence-electron chi connectivity index (χ1n) is 10.1. The fourth-order valence-electron chi connectivity index (χ4n) is 3.45. The maximum Gasteiger partial charge on any atom is 0.270 e. The molecular weight excluding hydrogens is 410 g/mol. The molecule has 2 aromatic carbocycles. The normalized spacial score (nSPS) is 11.0. The number of methoxy groups -OCH3 is 1. The van der Waals surface area contributed by atoms with E-state index in [1.165, 1.54) is 23.9 Å². The van der Waals surface area contributed by atoms with Crippen LogP contribution in [0.3, 0.4) is 0 Å². The number of ketones is 1. The Morgan fingerprint density at radius 3 is 2.59 bits per heavy atom. The Kier molecular flexibility index (Phi) is 7.38. The van der Waals surface area contributed by atoms with E-state index in [1.54, 1.807) is 19.2 Å². The van der Waals surface area contributed by atoms with Crippen molar-refractivity contribution in [2.24, 2.45) is 5.16 Å². The van der Waals surface area contributed by atoms with Gasteiger partial charge in [0.25, 0.3) is 5.69 Å². The zero-order chi connectivity index (χ0) is 23.1. The van der Waals surface area contributed by atoms with E-state index in [1.807, 2.05) is 44.2 Å². The van der Waals surface area contributed by atoms with Gasteiger partial charge >= 0.3 is 0 Å². The molecule has 8 nitrogen and oxygen atoms in total. The van der Waals surface area contributed by atoms with Crippen molar-refractivity contribution < 1.29 is 19.3 Å². The number of rotatable bonds is 10. The average molecular weight is 435 g/mol. The number of aromatic nitrogens is 1. The number of non-ortho nitro benzene ring substituents is 1. The first kappa shape index (κ1) is 22.7. The molecule has 0 saturated heterocycles. The summed E-state index contributed by atoms with van der Waals surface area (Å²) in [5, 5.41) is 14.6. The van der Waals surface area contributed by atoms with Crippen LogP contribution < -0.4 is 4.74 Å². The number of carbonyl (C=O) groups is 1. The van der Waals surface area contributed by atoms with Gasteiger partial charge < -0.3 is 14.1 Å². The van der Waals surface area contributed by atoms with Crippen LogP contribution in [0.15, 0.2) is 59.8 Å². The molecule has 8 heteroatoms. The molecule has 0 radical (unpaired) electrons. The molecule has 0 N–H and O–H groups in total. The van der Waals surface area contributed by atoms with Crippen LogP contribution in [-0.4, -0.2) is 35.2 Å². The van der Waals surface area contributed by atoms with Crippen LogP contribution in [0.1, 0.15) is 32.9 Å². The third kappa shape index (κ3) is 5.60. The minimum absolute atomic E-state index is 0.0351. The van der Waals surface area contributed by atoms with Gasteiger partial charge in [0, 0.05) is 41.2 Å². The summed E-state index contributed by atoms with van der Waals surface area (Å²) in [6, 6.07) is 15.8. The molecule has 32 heavy (non-hydrogen) atoms. The summed E-state index contributed by atoms with van der Waals surface area (Å²) in [4.78, 5) is 28.1. The van der Waals surface area contributed by atoms with Crippen molar-refractivity contribution in [2.75, 3.05) is 13.7 Å². The van der Waals surface area contributed by atoms with Gasteiger partial charge in [0.15, 0.2) is 6.61 Å². The van der Waals surface area contributed by atoms with Crippen LogP contribution in [0, 0.1) is 24.0 Å². The minimum Gasteiger partial charge on any atom is -0.497 e. The van der Waals surface area contributed by atoms with Crippen molar-refractivity contribution in [2.45, 2.75) is 26.8 Å². The molecule has 166 valence electrons. The van der Waals surface area contributed by atoms with Gasteiger partial charge in [-0.2, -0.15) is 0 Å². The number of carbonyl (C=O) groups excluding carboxylic acids is 1. The largest absolute Gasteiger partial charge is 0.497 e. The number of Topliss-reactive ketones (excluding diaryl/α,β-unsaturated/α-hetero) is 1. The highest BCUT2D eigenvalue weighted by molar-refractivity contribution is 5.98. The van der Waals surface area contributed by atoms with Crippen molar-refractivity contribution in [3.05, 3.63) is 92.8 Å². The third-order valence-electron chi connectivity index (χ3n) is 5.21. The van der Waals surface area contributed by atoms with E-state index in [0.29, 0.717) is 11.1 Å². The lowest BCUT2D eigenvalue weighted by Gasteiger charge is -2.10. The zero-order valence-corrected chi connectivity index (χ0v) is 18.3. The number of hydrogen-bond acceptors (Lipinski definition) is 6. The summed E-state index contributed by atoms with van der Waals surface area (Å²) in [6.07, 6.45) is 2.18. The minimum atomic E-state index is -0.480. The highest BCUT2D eigenvalue weighted by Gasteiger charge is 2.16. The lowest BCUT2D eigenvalue weighted by atomic mass is 10.1. The Bertz CT molecular complexity index is 1130. The molecule has 0 atom stereocenters. The topological polar surface area (TPSA) is 96.0 Å². The van der Waals surface area contributed by atoms with Crippen LogP contribution in [0.25, 0.3) is 0 Å². The molecule has 0 amide bonds. The van der Waals surface area contributed by atoms with E-state index in [4.69, 9.17) is 9.57 Å². The number of benzene rings is 2. The van der Waals surface area contributed by atoms with Crippen LogP contribution in [0.4, 0.5) is 5.69 Å². The first-order valence-corrected chi connectivity index (χ1v) is 10.1. The predicted octanol–water partition coefficient (Wildman–Crippen LogP) is 4.50. The molecule has 0 aliphatic rings. The number of ether oxygens (including phenoxy) is 1. The summed E-state index contributed by atoms with van der Waals surface area (Å²) < 4.78 is 7.30. The maximum absolute atomic E-state index is 12.6. The molecular formula is C24H25N3O5.